The lowest BCUT2D eigenvalue weighted by Crippen LogP contribution is -2.45. The molecule has 2 unspecified atom stereocenters. The Morgan fingerprint density at radius 3 is 2.49 bits per heavy atom. The van der Waals surface area contributed by atoms with E-state index in [1.54, 1.807) is 28.5 Å². The highest BCUT2D eigenvalue weighted by molar-refractivity contribution is 7.09. The minimum Gasteiger partial charge on any atom is -0.461 e. The van der Waals surface area contributed by atoms with Crippen molar-refractivity contribution >= 4 is 28.7 Å². The molecule has 3 aromatic carbocycles. The zero-order valence-corrected chi connectivity index (χ0v) is 20.5. The second-order valence-electron chi connectivity index (χ2n) is 8.87. The number of ketones is 1. The molecule has 0 fully saturated rings. The lowest BCUT2D eigenvalue weighted by atomic mass is 9.95. The van der Waals surface area contributed by atoms with Crippen LogP contribution in [-0.2, 0) is 6.54 Å². The molecule has 6 nitrogen and oxygen atoms in total. The van der Waals surface area contributed by atoms with Crippen LogP contribution in [0, 0.1) is 5.82 Å². The first kappa shape index (κ1) is 23.1. The van der Waals surface area contributed by atoms with E-state index in [4.69, 9.17) is 9.84 Å². The molecule has 184 valence electrons. The van der Waals surface area contributed by atoms with Crippen LogP contribution in [0.15, 0.2) is 95.4 Å². The lowest BCUT2D eigenvalue weighted by Gasteiger charge is -2.37. The standard InChI is InChI=1S/C29H22FN3O3S/c30-21-13-11-19(12-14-21)27(34)29-33-25(23-5-1-2-6-26(23)36-29)16-24(32-33)18-7-9-20(10-8-18)28(35)31-17-22-4-3-15-37-22/h1-15,25,29H,16-17H2,(H,31,35). The van der Waals surface area contributed by atoms with E-state index in [2.05, 4.69) is 5.32 Å². The van der Waals surface area contributed by atoms with Gasteiger partial charge in [-0.3, -0.25) is 9.59 Å². The minimum absolute atomic E-state index is 0.141. The first-order valence-corrected chi connectivity index (χ1v) is 12.8. The van der Waals surface area contributed by atoms with Crippen molar-refractivity contribution in [3.63, 3.8) is 0 Å². The van der Waals surface area contributed by atoms with Crippen LogP contribution in [0.5, 0.6) is 5.75 Å². The number of fused-ring (bicyclic) bond motifs is 3. The molecule has 0 saturated carbocycles. The SMILES string of the molecule is O=C(NCc1cccs1)c1ccc(C2=NN3C(C(=O)c4ccc(F)cc4)Oc4ccccc4C3C2)cc1. The average molecular weight is 512 g/mol. The second kappa shape index (κ2) is 9.63. The molecule has 0 radical (unpaired) electrons. The van der Waals surface area contributed by atoms with Crippen molar-refractivity contribution in [2.45, 2.75) is 25.2 Å². The van der Waals surface area contributed by atoms with E-state index >= 15 is 0 Å². The van der Waals surface area contributed by atoms with E-state index < -0.39 is 12.0 Å². The first-order valence-electron chi connectivity index (χ1n) is 11.9. The number of carbonyl (C=O) groups excluding carboxylic acids is 2. The fourth-order valence-electron chi connectivity index (χ4n) is 4.63. The molecule has 0 saturated heterocycles. The first-order chi connectivity index (χ1) is 18.1. The third kappa shape index (κ3) is 4.51. The number of hydrazone groups is 1. The molecular formula is C29H22FN3O3S. The number of carbonyl (C=O) groups is 2. The van der Waals surface area contributed by atoms with Crippen molar-refractivity contribution in [1.82, 2.24) is 10.3 Å². The summed E-state index contributed by atoms with van der Waals surface area (Å²) in [5.74, 6) is -0.201. The third-order valence-electron chi connectivity index (χ3n) is 6.54. The zero-order valence-electron chi connectivity index (χ0n) is 19.6. The Morgan fingerprint density at radius 1 is 0.973 bits per heavy atom. The Kier molecular flexibility index (Phi) is 6.02. The number of nitrogens with zero attached hydrogens (tertiary/aromatic N) is 2. The quantitative estimate of drug-likeness (QED) is 0.344. The molecule has 1 aromatic heterocycles. The van der Waals surface area contributed by atoms with Gasteiger partial charge in [-0.2, -0.15) is 5.10 Å². The van der Waals surface area contributed by atoms with Gasteiger partial charge in [0.25, 0.3) is 12.1 Å². The Balaban J connectivity index is 1.25. The molecule has 2 aliphatic rings. The van der Waals surface area contributed by atoms with Gasteiger partial charge in [0.05, 0.1) is 18.3 Å². The smallest absolute Gasteiger partial charge is 0.251 e. The fourth-order valence-corrected chi connectivity index (χ4v) is 5.28. The number of Topliss-reactive ketones (excluding diaryl/α,β-unsaturated/α-hetero) is 1. The molecule has 8 heteroatoms. The third-order valence-corrected chi connectivity index (χ3v) is 7.41. The van der Waals surface area contributed by atoms with Crippen molar-refractivity contribution in [3.8, 4) is 5.75 Å². The molecule has 0 aliphatic carbocycles. The van der Waals surface area contributed by atoms with Crippen LogP contribution in [0.1, 0.15) is 49.2 Å². The highest BCUT2D eigenvalue weighted by Crippen LogP contribution is 2.43. The Hall–Kier alpha value is -4.30. The number of halogens is 1. The van der Waals surface area contributed by atoms with Gasteiger partial charge in [0, 0.05) is 28.0 Å². The molecule has 4 aromatic rings. The fraction of sp³-hybridized carbons (Fsp3) is 0.138. The highest BCUT2D eigenvalue weighted by atomic mass is 32.1. The van der Waals surface area contributed by atoms with Crippen LogP contribution < -0.4 is 10.1 Å². The maximum atomic E-state index is 13.4. The summed E-state index contributed by atoms with van der Waals surface area (Å²) in [5.41, 5.74) is 3.54. The molecule has 2 atom stereocenters. The van der Waals surface area contributed by atoms with E-state index in [0.29, 0.717) is 29.8 Å². The van der Waals surface area contributed by atoms with Crippen LogP contribution >= 0.6 is 11.3 Å². The average Bonchev–Trinajstić information content (AvgIpc) is 3.62. The van der Waals surface area contributed by atoms with Crippen molar-refractivity contribution < 1.29 is 18.7 Å². The molecule has 0 bridgehead atoms. The molecule has 1 N–H and O–H groups in total. The highest BCUT2D eigenvalue weighted by Gasteiger charge is 2.43. The number of amides is 1. The summed E-state index contributed by atoms with van der Waals surface area (Å²) >= 11 is 1.60. The number of benzene rings is 3. The maximum absolute atomic E-state index is 13.4. The normalized spacial score (nSPS) is 17.9. The van der Waals surface area contributed by atoms with Crippen LogP contribution in [0.3, 0.4) is 0 Å². The summed E-state index contributed by atoms with van der Waals surface area (Å²) < 4.78 is 19.5. The molecule has 0 spiro atoms. The largest absolute Gasteiger partial charge is 0.461 e. The predicted octanol–water partition coefficient (Wildman–Crippen LogP) is 5.57. The van der Waals surface area contributed by atoms with Gasteiger partial charge >= 0.3 is 0 Å². The van der Waals surface area contributed by atoms with Gasteiger partial charge in [-0.25, -0.2) is 9.40 Å². The topological polar surface area (TPSA) is 71.0 Å². The van der Waals surface area contributed by atoms with E-state index in [1.807, 2.05) is 53.9 Å². The van der Waals surface area contributed by atoms with Crippen molar-refractivity contribution in [1.29, 1.82) is 0 Å². The van der Waals surface area contributed by atoms with E-state index in [9.17, 15) is 14.0 Å². The number of hydrogen-bond acceptors (Lipinski definition) is 6. The lowest BCUT2D eigenvalue weighted by molar-refractivity contribution is -0.00456. The molecule has 1 amide bonds. The van der Waals surface area contributed by atoms with Crippen molar-refractivity contribution in [3.05, 3.63) is 123 Å². The van der Waals surface area contributed by atoms with Gasteiger partial charge in [-0.15, -0.1) is 11.3 Å². The van der Waals surface area contributed by atoms with Gasteiger partial charge in [0.2, 0.25) is 5.78 Å². The molecule has 3 heterocycles. The van der Waals surface area contributed by atoms with E-state index in [0.717, 1.165) is 21.7 Å². The van der Waals surface area contributed by atoms with Crippen molar-refractivity contribution in [2.24, 2.45) is 5.10 Å². The van der Waals surface area contributed by atoms with Gasteiger partial charge in [-0.1, -0.05) is 36.4 Å². The number of ether oxygens (including phenoxy) is 1. The summed E-state index contributed by atoms with van der Waals surface area (Å²) in [6.07, 6.45) is -0.387. The second-order valence-corrected chi connectivity index (χ2v) is 9.90. The molecule has 6 rings (SSSR count). The number of para-hydroxylation sites is 1. The Labute approximate surface area is 217 Å². The van der Waals surface area contributed by atoms with Crippen LogP contribution in [0.4, 0.5) is 4.39 Å². The zero-order chi connectivity index (χ0) is 25.4. The summed E-state index contributed by atoms with van der Waals surface area (Å²) in [6.45, 7) is 0.491. The predicted molar refractivity (Wildman–Crippen MR) is 139 cm³/mol. The Morgan fingerprint density at radius 2 is 1.73 bits per heavy atom. The maximum Gasteiger partial charge on any atom is 0.251 e. The number of nitrogens with one attached hydrogen (secondary N) is 1. The van der Waals surface area contributed by atoms with Crippen LogP contribution in [-0.4, -0.2) is 28.6 Å². The van der Waals surface area contributed by atoms with E-state index in [1.165, 1.54) is 24.3 Å². The molecule has 37 heavy (non-hydrogen) atoms. The molecule has 2 aliphatic heterocycles. The summed E-state index contributed by atoms with van der Waals surface area (Å²) in [4.78, 5) is 27.0. The Bertz CT molecular complexity index is 1480. The van der Waals surface area contributed by atoms with E-state index in [-0.39, 0.29) is 17.7 Å². The van der Waals surface area contributed by atoms with Gasteiger partial charge in [0.1, 0.15) is 11.6 Å². The van der Waals surface area contributed by atoms with Crippen LogP contribution in [0.2, 0.25) is 0 Å². The number of thiophene rings is 1. The summed E-state index contributed by atoms with van der Waals surface area (Å²) in [5, 5.41) is 11.4. The van der Waals surface area contributed by atoms with Gasteiger partial charge in [-0.05, 0) is 59.5 Å². The monoisotopic (exact) mass is 511 g/mol. The van der Waals surface area contributed by atoms with Gasteiger partial charge in [0.15, 0.2) is 0 Å². The minimum atomic E-state index is -0.967. The number of rotatable bonds is 6. The van der Waals surface area contributed by atoms with Crippen LogP contribution in [0.25, 0.3) is 0 Å². The van der Waals surface area contributed by atoms with Gasteiger partial charge < -0.3 is 10.1 Å². The van der Waals surface area contributed by atoms with Crippen molar-refractivity contribution in [2.75, 3.05) is 0 Å². The number of hydrogen-bond donors (Lipinski definition) is 1. The molecular weight excluding hydrogens is 489 g/mol. The summed E-state index contributed by atoms with van der Waals surface area (Å²) in [6, 6.07) is 24.1. The summed E-state index contributed by atoms with van der Waals surface area (Å²) in [7, 11) is 0.